The monoisotopic (exact) mass is 435 g/mol. The van der Waals surface area contributed by atoms with Crippen molar-refractivity contribution in [3.63, 3.8) is 0 Å². The van der Waals surface area contributed by atoms with Gasteiger partial charge in [-0.1, -0.05) is 0 Å². The van der Waals surface area contributed by atoms with Crippen LogP contribution in [0.5, 0.6) is 0 Å². The minimum Gasteiger partial charge on any atom is -0.481 e. The van der Waals surface area contributed by atoms with Crippen molar-refractivity contribution in [2.45, 2.75) is 50.0 Å². The van der Waals surface area contributed by atoms with Gasteiger partial charge < -0.3 is 47.8 Å². The molecule has 0 rings (SSSR count). The number of primary amides is 1. The van der Waals surface area contributed by atoms with E-state index in [1.807, 2.05) is 16.0 Å². The molecule has 0 saturated heterocycles. The lowest BCUT2D eigenvalue weighted by atomic mass is 10.1. The molecule has 170 valence electrons. The minimum atomic E-state index is -1.82. The number of aliphatic hydroxyl groups is 2. The first kappa shape index (κ1) is 26.7. The lowest BCUT2D eigenvalue weighted by Gasteiger charge is -2.24. The molecule has 4 amide bonds. The van der Waals surface area contributed by atoms with Crippen LogP contribution in [-0.2, 0) is 28.8 Å². The van der Waals surface area contributed by atoms with Crippen LogP contribution < -0.4 is 27.4 Å². The second-order valence-corrected chi connectivity index (χ2v) is 6.24. The third-order valence-electron chi connectivity index (χ3n) is 3.63. The third-order valence-corrected chi connectivity index (χ3v) is 3.63. The van der Waals surface area contributed by atoms with Crippen molar-refractivity contribution in [1.29, 1.82) is 0 Å². The lowest BCUT2D eigenvalue weighted by Crippen LogP contribution is -2.59. The molecular weight excluding hydrogens is 410 g/mol. The molecule has 0 aliphatic heterocycles. The molecule has 0 heterocycles. The zero-order chi connectivity index (χ0) is 23.6. The van der Waals surface area contributed by atoms with Gasteiger partial charge in [0.25, 0.3) is 0 Å². The predicted octanol–water partition coefficient (Wildman–Crippen LogP) is -5.42. The molecule has 0 aromatic carbocycles. The number of carbonyl (C=O) groups is 6. The van der Waals surface area contributed by atoms with E-state index in [9.17, 15) is 33.9 Å². The van der Waals surface area contributed by atoms with Crippen LogP contribution in [-0.4, -0.2) is 92.9 Å². The number of aliphatic carboxylic acids is 2. The molecule has 0 aromatic heterocycles. The van der Waals surface area contributed by atoms with E-state index in [1.165, 1.54) is 0 Å². The van der Waals surface area contributed by atoms with Gasteiger partial charge >= 0.3 is 11.9 Å². The summed E-state index contributed by atoms with van der Waals surface area (Å²) in [6.45, 7) is 0.281. The highest BCUT2D eigenvalue weighted by Gasteiger charge is 2.33. The van der Waals surface area contributed by atoms with Crippen molar-refractivity contribution in [2.24, 2.45) is 11.5 Å². The number of hydrogen-bond acceptors (Lipinski definition) is 9. The highest BCUT2D eigenvalue weighted by molar-refractivity contribution is 5.97. The summed E-state index contributed by atoms with van der Waals surface area (Å²) in [5.41, 5.74) is 10.3. The molecule has 5 atom stereocenters. The Balaban J connectivity index is 5.51. The van der Waals surface area contributed by atoms with Gasteiger partial charge in [-0.05, 0) is 6.92 Å². The van der Waals surface area contributed by atoms with E-state index in [-0.39, 0.29) is 0 Å². The summed E-state index contributed by atoms with van der Waals surface area (Å²) in [5.74, 6) is -7.67. The highest BCUT2D eigenvalue weighted by atomic mass is 16.4. The second-order valence-electron chi connectivity index (χ2n) is 6.24. The first-order valence-electron chi connectivity index (χ1n) is 8.48. The molecule has 5 unspecified atom stereocenters. The quantitative estimate of drug-likeness (QED) is 0.132. The number of hydrogen-bond donors (Lipinski definition) is 9. The van der Waals surface area contributed by atoms with Crippen LogP contribution in [0, 0.1) is 0 Å². The Bertz CT molecular complexity index is 683. The topological polar surface area (TPSA) is 271 Å². The largest absolute Gasteiger partial charge is 0.481 e. The summed E-state index contributed by atoms with van der Waals surface area (Å²) < 4.78 is 0. The maximum absolute atomic E-state index is 12.4. The molecule has 30 heavy (non-hydrogen) atoms. The molecule has 0 saturated carbocycles. The molecule has 0 spiro atoms. The average molecular weight is 435 g/mol. The fourth-order valence-corrected chi connectivity index (χ4v) is 2.07. The van der Waals surface area contributed by atoms with E-state index in [0.29, 0.717) is 0 Å². The smallest absolute Gasteiger partial charge is 0.328 e. The first-order chi connectivity index (χ1) is 13.8. The van der Waals surface area contributed by atoms with Crippen molar-refractivity contribution in [1.82, 2.24) is 16.0 Å². The van der Waals surface area contributed by atoms with E-state index in [0.717, 1.165) is 6.92 Å². The van der Waals surface area contributed by atoms with Gasteiger partial charge in [-0.2, -0.15) is 0 Å². The van der Waals surface area contributed by atoms with Gasteiger partial charge in [0.1, 0.15) is 18.1 Å². The maximum atomic E-state index is 12.4. The molecule has 0 bridgehead atoms. The van der Waals surface area contributed by atoms with Gasteiger partial charge in [0.2, 0.25) is 23.6 Å². The standard InChI is InChI=1S/C15H25N5O10/c1-5(22)11(15(29)30)20-14(28)8(3-10(24)25)19-13(27)7(2-9(17)23)18-12(26)6(16)4-21/h5-8,11,21-22H,2-4,16H2,1H3,(H2,17,23)(H,18,26)(H,19,27)(H,20,28)(H,24,25)(H,29,30). The fourth-order valence-electron chi connectivity index (χ4n) is 2.07. The van der Waals surface area contributed by atoms with Gasteiger partial charge in [0.15, 0.2) is 6.04 Å². The van der Waals surface area contributed by atoms with E-state index < -0.39 is 85.3 Å². The van der Waals surface area contributed by atoms with Crippen LogP contribution in [0.4, 0.5) is 0 Å². The Morgan fingerprint density at radius 1 is 0.867 bits per heavy atom. The van der Waals surface area contributed by atoms with E-state index in [1.54, 1.807) is 0 Å². The predicted molar refractivity (Wildman–Crippen MR) is 96.2 cm³/mol. The summed E-state index contributed by atoms with van der Waals surface area (Å²) in [6.07, 6.45) is -3.28. The van der Waals surface area contributed by atoms with Crippen LogP contribution in [0.15, 0.2) is 0 Å². The summed E-state index contributed by atoms with van der Waals surface area (Å²) in [4.78, 5) is 69.7. The summed E-state index contributed by atoms with van der Waals surface area (Å²) in [5, 5.41) is 42.1. The van der Waals surface area contributed by atoms with E-state index >= 15 is 0 Å². The van der Waals surface area contributed by atoms with E-state index in [2.05, 4.69) is 0 Å². The van der Waals surface area contributed by atoms with E-state index in [4.69, 9.17) is 26.8 Å². The Kier molecular flexibility index (Phi) is 10.9. The number of carboxylic acids is 2. The number of amides is 4. The number of nitrogens with one attached hydrogen (secondary N) is 3. The molecule has 0 aromatic rings. The first-order valence-corrected chi connectivity index (χ1v) is 8.48. The van der Waals surface area contributed by atoms with Crippen molar-refractivity contribution in [3.8, 4) is 0 Å². The Morgan fingerprint density at radius 2 is 1.33 bits per heavy atom. The molecule has 0 radical (unpaired) electrons. The van der Waals surface area contributed by atoms with Crippen molar-refractivity contribution >= 4 is 35.6 Å². The van der Waals surface area contributed by atoms with Crippen molar-refractivity contribution < 1.29 is 49.2 Å². The van der Waals surface area contributed by atoms with Gasteiger partial charge in [0.05, 0.1) is 25.6 Å². The minimum absolute atomic E-state index is 0.747. The molecule has 15 nitrogen and oxygen atoms in total. The maximum Gasteiger partial charge on any atom is 0.328 e. The third kappa shape index (κ3) is 9.26. The highest BCUT2D eigenvalue weighted by Crippen LogP contribution is 2.01. The lowest BCUT2D eigenvalue weighted by molar-refractivity contribution is -0.146. The SMILES string of the molecule is CC(O)C(NC(=O)C(CC(=O)O)NC(=O)C(CC(N)=O)NC(=O)C(N)CO)C(=O)O. The molecule has 0 fully saturated rings. The molecular formula is C15H25N5O10. The zero-order valence-electron chi connectivity index (χ0n) is 15.9. The van der Waals surface area contributed by atoms with Crippen LogP contribution in [0.2, 0.25) is 0 Å². The molecule has 15 heteroatoms. The normalized spacial score (nSPS) is 15.6. The average Bonchev–Trinajstić information content (AvgIpc) is 2.62. The van der Waals surface area contributed by atoms with Crippen LogP contribution in [0.25, 0.3) is 0 Å². The zero-order valence-corrected chi connectivity index (χ0v) is 15.9. The Labute approximate surface area is 169 Å². The van der Waals surface area contributed by atoms with Gasteiger partial charge in [-0.15, -0.1) is 0 Å². The molecule has 0 aliphatic rings. The van der Waals surface area contributed by atoms with Crippen LogP contribution in [0.3, 0.4) is 0 Å². The summed E-state index contributed by atoms with van der Waals surface area (Å²) in [7, 11) is 0. The van der Waals surface area contributed by atoms with Crippen molar-refractivity contribution in [3.05, 3.63) is 0 Å². The van der Waals surface area contributed by atoms with Crippen LogP contribution in [0.1, 0.15) is 19.8 Å². The fraction of sp³-hybridized carbons (Fsp3) is 0.600. The van der Waals surface area contributed by atoms with Crippen LogP contribution >= 0.6 is 0 Å². The van der Waals surface area contributed by atoms with Gasteiger partial charge in [-0.3, -0.25) is 24.0 Å². The molecule has 0 aliphatic carbocycles. The number of rotatable bonds is 13. The number of nitrogens with two attached hydrogens (primary N) is 2. The second kappa shape index (κ2) is 12.3. The van der Waals surface area contributed by atoms with Crippen molar-refractivity contribution in [2.75, 3.05) is 6.61 Å². The van der Waals surface area contributed by atoms with Gasteiger partial charge in [0, 0.05) is 0 Å². The number of carbonyl (C=O) groups excluding carboxylic acids is 4. The number of carboxylic acid groups (broad SMARTS) is 2. The Morgan fingerprint density at radius 3 is 1.73 bits per heavy atom. The summed E-state index contributed by atoms with van der Waals surface area (Å²) >= 11 is 0. The van der Waals surface area contributed by atoms with Gasteiger partial charge in [-0.25, -0.2) is 4.79 Å². The Hall–Kier alpha value is -3.30. The summed E-state index contributed by atoms with van der Waals surface area (Å²) in [6, 6.07) is -6.72. The molecule has 11 N–H and O–H groups in total. The number of aliphatic hydroxyl groups excluding tert-OH is 2.